The minimum absolute atomic E-state index is 0.338. The van der Waals surface area contributed by atoms with Gasteiger partial charge in [0.2, 0.25) is 10.4 Å². The van der Waals surface area contributed by atoms with Crippen LogP contribution in [0.3, 0.4) is 0 Å². The standard InChI is InChI=1S/C25H47N2O.H2O4S/c1-4-7-8-9-10-11-12-13-14-15-16-17-18-19-20-21-25(28)27-23-22-26(6-3)24(27)5-2;1-5(2,3)4/h13-14H,4-12,15-23H2,1-3H3;(H2,1,2,3,4)/q+1;/p-1. The number of allylic oxidation sites excluding steroid dienone is 2. The monoisotopic (exact) mass is 488 g/mol. The Hall–Kier alpha value is -1.25. The summed E-state index contributed by atoms with van der Waals surface area (Å²) in [5.41, 5.74) is 0. The third kappa shape index (κ3) is 18.8. The van der Waals surface area contributed by atoms with Crippen LogP contribution in [0.25, 0.3) is 0 Å². The zero-order chi connectivity index (χ0) is 25.0. The van der Waals surface area contributed by atoms with Gasteiger partial charge in [-0.1, -0.05) is 77.4 Å². The molecule has 0 bridgehead atoms. The van der Waals surface area contributed by atoms with Crippen LogP contribution in [0.2, 0.25) is 0 Å². The van der Waals surface area contributed by atoms with Gasteiger partial charge < -0.3 is 4.55 Å². The van der Waals surface area contributed by atoms with Crippen LogP contribution in [0, 0.1) is 0 Å². The molecular weight excluding hydrogens is 440 g/mol. The van der Waals surface area contributed by atoms with Crippen molar-refractivity contribution < 1.29 is 26.9 Å². The fourth-order valence-corrected chi connectivity index (χ4v) is 4.16. The number of amidine groups is 1. The minimum atomic E-state index is -4.92. The Morgan fingerprint density at radius 1 is 0.939 bits per heavy atom. The predicted octanol–water partition coefficient (Wildman–Crippen LogP) is 5.71. The number of likely N-dealkylation sites (N-methyl/N-ethyl adjacent to an activating group) is 1. The first kappa shape index (κ1) is 31.8. The summed E-state index contributed by atoms with van der Waals surface area (Å²) in [6.07, 6.45) is 23.4. The van der Waals surface area contributed by atoms with Crippen LogP contribution in [0.15, 0.2) is 12.2 Å². The molecule has 7 nitrogen and oxygen atoms in total. The Balaban J connectivity index is 0.00000184. The Labute approximate surface area is 202 Å². The molecule has 194 valence electrons. The zero-order valence-electron chi connectivity index (χ0n) is 21.3. The number of hydrogen-bond acceptors (Lipinski definition) is 5. The quantitative estimate of drug-likeness (QED) is 0.0925. The second-order valence-corrected chi connectivity index (χ2v) is 9.51. The number of hydrogen-bond donors (Lipinski definition) is 1. The SMILES string of the molecule is CCCCCCCCC=CCCCCCCCC(=O)[N+]1=C(CC)N(CC)CC1.O=S(=O)([O-])O. The van der Waals surface area contributed by atoms with E-state index in [2.05, 4.69) is 37.8 Å². The average Bonchev–Trinajstić information content (AvgIpc) is 3.18. The number of unbranched alkanes of at least 4 members (excludes halogenated alkanes) is 11. The van der Waals surface area contributed by atoms with Crippen molar-refractivity contribution in [2.75, 3.05) is 19.6 Å². The van der Waals surface area contributed by atoms with Crippen molar-refractivity contribution in [3.05, 3.63) is 12.2 Å². The molecule has 0 saturated carbocycles. The van der Waals surface area contributed by atoms with Crippen LogP contribution in [-0.4, -0.2) is 58.4 Å². The lowest BCUT2D eigenvalue weighted by molar-refractivity contribution is -0.440. The van der Waals surface area contributed by atoms with E-state index in [-0.39, 0.29) is 0 Å². The van der Waals surface area contributed by atoms with E-state index in [4.69, 9.17) is 17.5 Å². The maximum absolute atomic E-state index is 12.5. The minimum Gasteiger partial charge on any atom is -0.726 e. The molecule has 0 radical (unpaired) electrons. The Bertz CT molecular complexity index is 666. The molecule has 1 amide bonds. The van der Waals surface area contributed by atoms with E-state index in [1.54, 1.807) is 0 Å². The van der Waals surface area contributed by atoms with Gasteiger partial charge in [0.15, 0.2) is 0 Å². The first-order chi connectivity index (χ1) is 15.7. The molecule has 8 heteroatoms. The predicted molar refractivity (Wildman–Crippen MR) is 134 cm³/mol. The Morgan fingerprint density at radius 2 is 1.42 bits per heavy atom. The van der Waals surface area contributed by atoms with Gasteiger partial charge in [-0.15, -0.1) is 0 Å². The van der Waals surface area contributed by atoms with Gasteiger partial charge in [0.05, 0.1) is 6.54 Å². The van der Waals surface area contributed by atoms with Crippen LogP contribution in [0.5, 0.6) is 0 Å². The van der Waals surface area contributed by atoms with E-state index >= 15 is 0 Å². The highest BCUT2D eigenvalue weighted by atomic mass is 32.3. The number of nitrogens with zero attached hydrogens (tertiary/aromatic N) is 2. The van der Waals surface area contributed by atoms with Gasteiger partial charge in [0.25, 0.3) is 5.84 Å². The van der Waals surface area contributed by atoms with Crippen molar-refractivity contribution in [1.29, 1.82) is 0 Å². The van der Waals surface area contributed by atoms with E-state index in [0.29, 0.717) is 5.91 Å². The van der Waals surface area contributed by atoms with Crippen molar-refractivity contribution in [3.63, 3.8) is 0 Å². The molecule has 0 aliphatic carbocycles. The fourth-order valence-electron chi connectivity index (χ4n) is 4.16. The molecule has 0 saturated heterocycles. The molecule has 0 atom stereocenters. The van der Waals surface area contributed by atoms with Crippen LogP contribution in [0.1, 0.15) is 117 Å². The molecule has 0 aromatic heterocycles. The largest absolute Gasteiger partial charge is 0.726 e. The first-order valence-electron chi connectivity index (χ1n) is 13.0. The molecule has 1 aliphatic rings. The Kier molecular flexibility index (Phi) is 19.4. The molecular formula is C25H48N2O5S. The lowest BCUT2D eigenvalue weighted by atomic mass is 10.1. The first-order valence-corrected chi connectivity index (χ1v) is 14.3. The van der Waals surface area contributed by atoms with E-state index in [1.807, 2.05) is 4.58 Å². The summed E-state index contributed by atoms with van der Waals surface area (Å²) >= 11 is 0. The molecule has 1 aliphatic heterocycles. The van der Waals surface area contributed by atoms with Crippen molar-refractivity contribution in [1.82, 2.24) is 4.90 Å². The smallest absolute Gasteiger partial charge is 0.309 e. The molecule has 0 aromatic carbocycles. The topological polar surface area (TPSA) is 101 Å². The van der Waals surface area contributed by atoms with Gasteiger partial charge in [-0.2, -0.15) is 4.58 Å². The summed E-state index contributed by atoms with van der Waals surface area (Å²) in [6.45, 7) is 9.52. The summed E-state index contributed by atoms with van der Waals surface area (Å²) in [6, 6.07) is 0. The molecule has 0 spiro atoms. The average molecular weight is 489 g/mol. The lowest BCUT2D eigenvalue weighted by Gasteiger charge is -2.08. The van der Waals surface area contributed by atoms with E-state index < -0.39 is 10.4 Å². The number of rotatable bonds is 17. The molecule has 1 heterocycles. The summed E-state index contributed by atoms with van der Waals surface area (Å²) in [4.78, 5) is 14.8. The molecule has 1 N–H and O–H groups in total. The van der Waals surface area contributed by atoms with Gasteiger partial charge in [-0.05, 0) is 39.0 Å². The number of carbonyl (C=O) groups is 1. The third-order valence-corrected chi connectivity index (χ3v) is 5.92. The van der Waals surface area contributed by atoms with Crippen LogP contribution in [0.4, 0.5) is 0 Å². The highest BCUT2D eigenvalue weighted by Crippen LogP contribution is 2.12. The van der Waals surface area contributed by atoms with Gasteiger partial charge >= 0.3 is 5.91 Å². The van der Waals surface area contributed by atoms with Crippen molar-refractivity contribution >= 4 is 22.1 Å². The molecule has 0 aromatic rings. The van der Waals surface area contributed by atoms with Gasteiger partial charge in [0.1, 0.15) is 13.1 Å². The lowest BCUT2D eigenvalue weighted by Crippen LogP contribution is -2.30. The summed E-state index contributed by atoms with van der Waals surface area (Å²) < 4.78 is 34.9. The molecule has 0 fully saturated rings. The van der Waals surface area contributed by atoms with Crippen molar-refractivity contribution in [2.45, 2.75) is 117 Å². The fraction of sp³-hybridized carbons (Fsp3) is 0.840. The molecule has 0 unspecified atom stereocenters. The summed E-state index contributed by atoms with van der Waals surface area (Å²) in [5, 5.41) is 0. The van der Waals surface area contributed by atoms with Crippen LogP contribution >= 0.6 is 0 Å². The molecule has 1 rings (SSSR count). The summed E-state index contributed by atoms with van der Waals surface area (Å²) in [5.74, 6) is 1.57. The van der Waals surface area contributed by atoms with E-state index in [9.17, 15) is 4.79 Å². The highest BCUT2D eigenvalue weighted by molar-refractivity contribution is 7.79. The number of carbonyl (C=O) groups excluding carboxylic acids is 1. The normalized spacial score (nSPS) is 14.2. The number of amides is 1. The van der Waals surface area contributed by atoms with Gasteiger partial charge in [-0.3, -0.25) is 9.45 Å². The zero-order valence-corrected chi connectivity index (χ0v) is 22.1. The maximum atomic E-state index is 12.5. The second-order valence-electron chi connectivity index (χ2n) is 8.66. The third-order valence-electron chi connectivity index (χ3n) is 5.92. The highest BCUT2D eigenvalue weighted by Gasteiger charge is 2.31. The second kappa shape index (κ2) is 20.2. The Morgan fingerprint density at radius 3 is 1.91 bits per heavy atom. The van der Waals surface area contributed by atoms with Gasteiger partial charge in [0, 0.05) is 12.8 Å². The van der Waals surface area contributed by atoms with Crippen LogP contribution < -0.4 is 0 Å². The van der Waals surface area contributed by atoms with Crippen LogP contribution in [-0.2, 0) is 15.2 Å². The van der Waals surface area contributed by atoms with E-state index in [1.165, 1.54) is 82.9 Å². The van der Waals surface area contributed by atoms with Gasteiger partial charge in [-0.25, -0.2) is 13.2 Å². The summed E-state index contributed by atoms with van der Waals surface area (Å²) in [7, 11) is -4.92. The molecule has 33 heavy (non-hydrogen) atoms. The van der Waals surface area contributed by atoms with Crippen molar-refractivity contribution in [2.24, 2.45) is 0 Å². The maximum Gasteiger partial charge on any atom is 0.309 e. The van der Waals surface area contributed by atoms with Crippen molar-refractivity contribution in [3.8, 4) is 0 Å². The van der Waals surface area contributed by atoms with E-state index in [0.717, 1.165) is 38.9 Å².